The maximum atomic E-state index is 12.4. The number of benzene rings is 2. The summed E-state index contributed by atoms with van der Waals surface area (Å²) in [7, 11) is 0. The fourth-order valence-electron chi connectivity index (χ4n) is 2.95. The third kappa shape index (κ3) is 4.28. The summed E-state index contributed by atoms with van der Waals surface area (Å²) in [5.74, 6) is -0.0383. The summed E-state index contributed by atoms with van der Waals surface area (Å²) in [4.78, 5) is 26.1. The quantitative estimate of drug-likeness (QED) is 0.846. The number of hydrogen-bond donors (Lipinski definition) is 1. The largest absolute Gasteiger partial charge is 0.327 e. The molecule has 0 saturated heterocycles. The minimum Gasteiger partial charge on any atom is -0.327 e. The average Bonchev–Trinajstić information content (AvgIpc) is 2.67. The van der Waals surface area contributed by atoms with Gasteiger partial charge in [-0.3, -0.25) is 4.79 Å². The molecule has 2 amide bonds. The zero-order valence-electron chi connectivity index (χ0n) is 14.8. The van der Waals surface area contributed by atoms with Gasteiger partial charge in [0.15, 0.2) is 5.78 Å². The van der Waals surface area contributed by atoms with Crippen molar-refractivity contribution in [1.82, 2.24) is 10.2 Å². The summed E-state index contributed by atoms with van der Waals surface area (Å²) in [5.41, 5.74) is 2.63. The van der Waals surface area contributed by atoms with Crippen LogP contribution in [-0.2, 0) is 4.79 Å². The van der Waals surface area contributed by atoms with E-state index < -0.39 is 6.04 Å². The summed E-state index contributed by atoms with van der Waals surface area (Å²) in [5, 5.41) is 2.95. The van der Waals surface area contributed by atoms with Crippen LogP contribution in [0.4, 0.5) is 4.79 Å². The Balaban J connectivity index is 1.70. The smallest absolute Gasteiger partial charge is 0.322 e. The van der Waals surface area contributed by atoms with E-state index in [9.17, 15) is 9.59 Å². The molecule has 0 saturated carbocycles. The van der Waals surface area contributed by atoms with Crippen molar-refractivity contribution in [3.8, 4) is 0 Å². The first kappa shape index (κ1) is 17.7. The number of hydrogen-bond acceptors (Lipinski definition) is 2. The number of carbonyl (C=O) groups excluding carboxylic acids is 2. The van der Waals surface area contributed by atoms with Crippen molar-refractivity contribution in [2.24, 2.45) is 0 Å². The van der Waals surface area contributed by atoms with Crippen LogP contribution in [0.2, 0.25) is 0 Å². The van der Waals surface area contributed by atoms with Crippen molar-refractivity contribution in [1.29, 1.82) is 0 Å². The van der Waals surface area contributed by atoms with Crippen molar-refractivity contribution < 1.29 is 9.59 Å². The lowest BCUT2D eigenvalue weighted by Gasteiger charge is -2.31. The topological polar surface area (TPSA) is 49.4 Å². The van der Waals surface area contributed by atoms with E-state index in [1.54, 1.807) is 11.1 Å². The number of nitrogens with zero attached hydrogens (tertiary/aromatic N) is 1. The van der Waals surface area contributed by atoms with E-state index >= 15 is 0 Å². The van der Waals surface area contributed by atoms with Gasteiger partial charge in [-0.2, -0.15) is 0 Å². The van der Waals surface area contributed by atoms with E-state index in [-0.39, 0.29) is 11.8 Å². The fourth-order valence-corrected chi connectivity index (χ4v) is 2.95. The van der Waals surface area contributed by atoms with Gasteiger partial charge < -0.3 is 10.2 Å². The van der Waals surface area contributed by atoms with Crippen LogP contribution in [0.5, 0.6) is 0 Å². The second-order valence-electron chi connectivity index (χ2n) is 6.23. The third-order valence-corrected chi connectivity index (χ3v) is 4.32. The summed E-state index contributed by atoms with van der Waals surface area (Å²) >= 11 is 0. The standard InChI is InChI=1S/C22H22N2O2/c1-17(25)20-16-24(15-9-8-12-18-10-4-2-5-11-18)22(26)23-21(20)19-13-6-3-7-14-19/h2-8,10-14,16,21H,9,15H2,1H3,(H,23,26). The molecule has 0 aromatic heterocycles. The van der Waals surface area contributed by atoms with E-state index in [0.717, 1.165) is 11.1 Å². The third-order valence-electron chi connectivity index (χ3n) is 4.32. The summed E-state index contributed by atoms with van der Waals surface area (Å²) < 4.78 is 0. The van der Waals surface area contributed by atoms with Gasteiger partial charge in [0.25, 0.3) is 0 Å². The normalized spacial score (nSPS) is 17.1. The molecule has 0 aliphatic carbocycles. The van der Waals surface area contributed by atoms with Gasteiger partial charge in [0.2, 0.25) is 0 Å². The van der Waals surface area contributed by atoms with Crippen LogP contribution >= 0.6 is 0 Å². The highest BCUT2D eigenvalue weighted by molar-refractivity contribution is 5.97. The zero-order chi connectivity index (χ0) is 18.4. The van der Waals surface area contributed by atoms with E-state index in [1.165, 1.54) is 6.92 Å². The zero-order valence-corrected chi connectivity index (χ0v) is 14.8. The van der Waals surface area contributed by atoms with Crippen molar-refractivity contribution in [2.75, 3.05) is 6.54 Å². The maximum absolute atomic E-state index is 12.4. The lowest BCUT2D eigenvalue weighted by atomic mass is 9.95. The van der Waals surface area contributed by atoms with Crippen molar-refractivity contribution in [3.63, 3.8) is 0 Å². The molecule has 1 heterocycles. The van der Waals surface area contributed by atoms with Gasteiger partial charge in [0.05, 0.1) is 6.04 Å². The lowest BCUT2D eigenvalue weighted by molar-refractivity contribution is -0.114. The Labute approximate surface area is 153 Å². The highest BCUT2D eigenvalue weighted by Crippen LogP contribution is 2.26. The molecule has 4 nitrogen and oxygen atoms in total. The fraction of sp³-hybridized carbons (Fsp3) is 0.182. The molecule has 2 aromatic carbocycles. The predicted octanol–water partition coefficient (Wildman–Crippen LogP) is 4.33. The number of amides is 2. The summed E-state index contributed by atoms with van der Waals surface area (Å²) in [6.07, 6.45) is 6.46. The van der Waals surface area contributed by atoms with Crippen LogP contribution in [0.15, 0.2) is 78.5 Å². The van der Waals surface area contributed by atoms with Gasteiger partial charge in [0.1, 0.15) is 0 Å². The van der Waals surface area contributed by atoms with Gasteiger partial charge in [0, 0.05) is 18.3 Å². The Morgan fingerprint density at radius 2 is 1.73 bits per heavy atom. The second-order valence-corrected chi connectivity index (χ2v) is 6.23. The minimum atomic E-state index is -0.391. The Hall–Kier alpha value is -3.14. The molecule has 0 fully saturated rings. The highest BCUT2D eigenvalue weighted by atomic mass is 16.2. The molecule has 4 heteroatoms. The number of urea groups is 1. The molecule has 2 aromatic rings. The van der Waals surface area contributed by atoms with Crippen LogP contribution in [0.25, 0.3) is 6.08 Å². The molecule has 3 rings (SSSR count). The maximum Gasteiger partial charge on any atom is 0.322 e. The Bertz CT molecular complexity index is 826. The molecule has 0 bridgehead atoms. The Morgan fingerprint density at radius 3 is 2.38 bits per heavy atom. The molecule has 26 heavy (non-hydrogen) atoms. The van der Waals surface area contributed by atoms with Gasteiger partial charge in [-0.1, -0.05) is 72.8 Å². The number of nitrogens with one attached hydrogen (secondary N) is 1. The SMILES string of the molecule is CC(=O)C1=CN(CCC=Cc2ccccc2)C(=O)NC1c1ccccc1. The first-order valence-electron chi connectivity index (χ1n) is 8.71. The number of rotatable bonds is 6. The Morgan fingerprint density at radius 1 is 1.08 bits per heavy atom. The van der Waals surface area contributed by atoms with Crippen LogP contribution in [0.3, 0.4) is 0 Å². The molecule has 132 valence electrons. The molecular weight excluding hydrogens is 324 g/mol. The minimum absolute atomic E-state index is 0.0383. The van der Waals surface area contributed by atoms with Crippen LogP contribution in [-0.4, -0.2) is 23.3 Å². The summed E-state index contributed by atoms with van der Waals surface area (Å²) in [6, 6.07) is 19.0. The predicted molar refractivity (Wildman–Crippen MR) is 103 cm³/mol. The molecule has 1 aliphatic rings. The van der Waals surface area contributed by atoms with E-state index in [1.807, 2.05) is 72.8 Å². The van der Waals surface area contributed by atoms with Crippen LogP contribution < -0.4 is 5.32 Å². The van der Waals surface area contributed by atoms with Crippen LogP contribution in [0.1, 0.15) is 30.5 Å². The molecular formula is C22H22N2O2. The van der Waals surface area contributed by atoms with Crippen molar-refractivity contribution >= 4 is 17.9 Å². The van der Waals surface area contributed by atoms with Gasteiger partial charge in [-0.25, -0.2) is 4.79 Å². The molecule has 1 unspecified atom stereocenters. The van der Waals surface area contributed by atoms with Crippen molar-refractivity contribution in [2.45, 2.75) is 19.4 Å². The average molecular weight is 346 g/mol. The van der Waals surface area contributed by atoms with Crippen molar-refractivity contribution in [3.05, 3.63) is 89.6 Å². The number of carbonyl (C=O) groups is 2. The molecule has 1 atom stereocenters. The number of Topliss-reactive ketones (excluding diaryl/α,β-unsaturated/α-hetero) is 1. The summed E-state index contributed by atoms with van der Waals surface area (Å²) in [6.45, 7) is 2.06. The lowest BCUT2D eigenvalue weighted by Crippen LogP contribution is -2.45. The van der Waals surface area contributed by atoms with Gasteiger partial charge in [-0.05, 0) is 24.5 Å². The second kappa shape index (κ2) is 8.30. The molecule has 1 aliphatic heterocycles. The highest BCUT2D eigenvalue weighted by Gasteiger charge is 2.29. The van der Waals surface area contributed by atoms with Gasteiger partial charge >= 0.3 is 6.03 Å². The van der Waals surface area contributed by atoms with Crippen LogP contribution in [0, 0.1) is 0 Å². The van der Waals surface area contributed by atoms with E-state index in [2.05, 4.69) is 5.32 Å². The molecule has 1 N–H and O–H groups in total. The van der Waals surface area contributed by atoms with E-state index in [4.69, 9.17) is 0 Å². The molecule has 0 spiro atoms. The monoisotopic (exact) mass is 346 g/mol. The van der Waals surface area contributed by atoms with E-state index in [0.29, 0.717) is 18.5 Å². The first-order chi connectivity index (χ1) is 12.6. The molecule has 0 radical (unpaired) electrons. The first-order valence-corrected chi connectivity index (χ1v) is 8.71. The Kier molecular flexibility index (Phi) is 5.64. The van der Waals surface area contributed by atoms with Gasteiger partial charge in [-0.15, -0.1) is 0 Å². The number of ketones is 1.